The Balaban J connectivity index is 2.80. The molecule has 1 aliphatic rings. The third-order valence-electron chi connectivity index (χ3n) is 4.37. The highest BCUT2D eigenvalue weighted by Gasteiger charge is 2.40. The molecule has 4 nitrogen and oxygen atoms in total. The molecule has 0 aliphatic carbocycles. The summed E-state index contributed by atoms with van der Waals surface area (Å²) in [5, 5.41) is 0. The molecule has 0 saturated carbocycles. The van der Waals surface area contributed by atoms with E-state index < -0.39 is 0 Å². The average molecular weight is 271 g/mol. The van der Waals surface area contributed by atoms with Crippen LogP contribution in [0.15, 0.2) is 0 Å². The predicted molar refractivity (Wildman–Crippen MR) is 76.2 cm³/mol. The summed E-state index contributed by atoms with van der Waals surface area (Å²) in [7, 11) is 1.71. The molecule has 0 aromatic heterocycles. The fourth-order valence-electron chi connectivity index (χ4n) is 2.85. The van der Waals surface area contributed by atoms with Crippen LogP contribution >= 0.6 is 0 Å². The van der Waals surface area contributed by atoms with Crippen molar-refractivity contribution < 1.29 is 14.3 Å². The summed E-state index contributed by atoms with van der Waals surface area (Å²) >= 11 is 0. The van der Waals surface area contributed by atoms with Crippen molar-refractivity contribution in [2.45, 2.75) is 64.5 Å². The van der Waals surface area contributed by atoms with Crippen molar-refractivity contribution in [3.8, 4) is 0 Å². The molecule has 0 bridgehead atoms. The zero-order chi connectivity index (χ0) is 14.3. The molecule has 0 aromatic carbocycles. The van der Waals surface area contributed by atoms with Crippen molar-refractivity contribution in [1.29, 1.82) is 0 Å². The molecule has 19 heavy (non-hydrogen) atoms. The normalized spacial score (nSPS) is 22.3. The molecule has 0 radical (unpaired) electrons. The second-order valence-corrected chi connectivity index (χ2v) is 5.62. The first-order chi connectivity index (χ1) is 9.04. The van der Waals surface area contributed by atoms with Crippen LogP contribution in [0.5, 0.6) is 0 Å². The fraction of sp³-hybridized carbons (Fsp3) is 0.933. The maximum absolute atomic E-state index is 11.9. The van der Waals surface area contributed by atoms with E-state index in [0.717, 1.165) is 13.1 Å². The zero-order valence-electron chi connectivity index (χ0n) is 12.9. The third-order valence-corrected chi connectivity index (χ3v) is 4.37. The molecule has 0 amide bonds. The number of nitrogens with zero attached hydrogens (tertiary/aromatic N) is 1. The van der Waals surface area contributed by atoms with E-state index in [0.29, 0.717) is 13.0 Å². The van der Waals surface area contributed by atoms with E-state index in [1.807, 2.05) is 13.8 Å². The van der Waals surface area contributed by atoms with Gasteiger partial charge in [-0.05, 0) is 46.7 Å². The van der Waals surface area contributed by atoms with E-state index in [1.165, 1.54) is 25.7 Å². The van der Waals surface area contributed by atoms with Gasteiger partial charge in [-0.3, -0.25) is 9.69 Å². The lowest BCUT2D eigenvalue weighted by atomic mass is 9.89. The smallest absolute Gasteiger partial charge is 0.307 e. The summed E-state index contributed by atoms with van der Waals surface area (Å²) < 4.78 is 10.7. The van der Waals surface area contributed by atoms with Crippen LogP contribution in [0.1, 0.15) is 52.9 Å². The molecule has 0 spiro atoms. The lowest BCUT2D eigenvalue weighted by Gasteiger charge is -2.44. The predicted octanol–water partition coefficient (Wildman–Crippen LogP) is 2.61. The monoisotopic (exact) mass is 271 g/mol. The molecule has 1 rings (SSSR count). The topological polar surface area (TPSA) is 38.8 Å². The van der Waals surface area contributed by atoms with E-state index >= 15 is 0 Å². The van der Waals surface area contributed by atoms with E-state index in [-0.39, 0.29) is 17.6 Å². The molecular formula is C15H29NO3. The Morgan fingerprint density at radius 3 is 2.32 bits per heavy atom. The van der Waals surface area contributed by atoms with Crippen molar-refractivity contribution in [3.05, 3.63) is 0 Å². The number of hydrogen-bond acceptors (Lipinski definition) is 4. The Labute approximate surface area is 117 Å². The van der Waals surface area contributed by atoms with Crippen LogP contribution < -0.4 is 0 Å². The van der Waals surface area contributed by atoms with Gasteiger partial charge in [-0.15, -0.1) is 0 Å². The lowest BCUT2D eigenvalue weighted by molar-refractivity contribution is -0.149. The second-order valence-electron chi connectivity index (χ2n) is 5.62. The highest BCUT2D eigenvalue weighted by atomic mass is 16.5. The molecule has 1 saturated heterocycles. The van der Waals surface area contributed by atoms with Gasteiger partial charge in [-0.25, -0.2) is 0 Å². The van der Waals surface area contributed by atoms with Crippen LogP contribution in [0, 0.1) is 0 Å². The van der Waals surface area contributed by atoms with Gasteiger partial charge in [0.25, 0.3) is 0 Å². The molecule has 1 fully saturated rings. The number of rotatable bonds is 6. The highest BCUT2D eigenvalue weighted by Crippen LogP contribution is 2.29. The molecular weight excluding hydrogens is 242 g/mol. The molecule has 4 heteroatoms. The second kappa shape index (κ2) is 7.85. The van der Waals surface area contributed by atoms with Crippen LogP contribution in [-0.2, 0) is 14.3 Å². The minimum atomic E-state index is -0.272. The fourth-order valence-corrected chi connectivity index (χ4v) is 2.85. The van der Waals surface area contributed by atoms with Crippen LogP contribution in [0.2, 0.25) is 0 Å². The van der Waals surface area contributed by atoms with Crippen molar-refractivity contribution in [3.63, 3.8) is 0 Å². The van der Waals surface area contributed by atoms with Gasteiger partial charge in [-0.2, -0.15) is 0 Å². The Hall–Kier alpha value is -0.610. The minimum Gasteiger partial charge on any atom is -0.466 e. The number of carbonyl (C=O) groups excluding carboxylic acids is 1. The molecule has 112 valence electrons. The molecule has 2 unspecified atom stereocenters. The van der Waals surface area contributed by atoms with Gasteiger partial charge in [0.05, 0.1) is 24.7 Å². The van der Waals surface area contributed by atoms with Gasteiger partial charge in [0.1, 0.15) is 0 Å². The average Bonchev–Trinajstić information content (AvgIpc) is 2.66. The summed E-state index contributed by atoms with van der Waals surface area (Å²) in [6.07, 6.45) is 5.38. The molecule has 0 N–H and O–H groups in total. The number of carbonyl (C=O) groups is 1. The van der Waals surface area contributed by atoms with E-state index in [1.54, 1.807) is 7.11 Å². The minimum absolute atomic E-state index is 0.00926. The number of esters is 1. The molecule has 0 aromatic rings. The van der Waals surface area contributed by atoms with Crippen molar-refractivity contribution >= 4 is 5.97 Å². The van der Waals surface area contributed by atoms with Crippen molar-refractivity contribution in [2.75, 3.05) is 26.8 Å². The van der Waals surface area contributed by atoms with Crippen molar-refractivity contribution in [1.82, 2.24) is 4.90 Å². The van der Waals surface area contributed by atoms with Crippen LogP contribution in [0.3, 0.4) is 0 Å². The number of methoxy groups -OCH3 is 1. The van der Waals surface area contributed by atoms with E-state index in [4.69, 9.17) is 9.47 Å². The Morgan fingerprint density at radius 2 is 1.84 bits per heavy atom. The van der Waals surface area contributed by atoms with E-state index in [2.05, 4.69) is 11.8 Å². The van der Waals surface area contributed by atoms with Gasteiger partial charge in [0.15, 0.2) is 0 Å². The van der Waals surface area contributed by atoms with Gasteiger partial charge < -0.3 is 9.47 Å². The van der Waals surface area contributed by atoms with Crippen LogP contribution in [0.25, 0.3) is 0 Å². The maximum atomic E-state index is 11.9. The first-order valence-electron chi connectivity index (χ1n) is 7.48. The molecule has 1 aliphatic heterocycles. The quantitative estimate of drug-likeness (QED) is 0.696. The van der Waals surface area contributed by atoms with Crippen LogP contribution in [-0.4, -0.2) is 49.3 Å². The first kappa shape index (κ1) is 16.4. The molecule has 2 atom stereocenters. The third kappa shape index (κ3) is 4.46. The van der Waals surface area contributed by atoms with Crippen LogP contribution in [0.4, 0.5) is 0 Å². The summed E-state index contributed by atoms with van der Waals surface area (Å²) in [4.78, 5) is 14.3. The Kier molecular flexibility index (Phi) is 6.80. The summed E-state index contributed by atoms with van der Waals surface area (Å²) in [5.41, 5.74) is -0.272. The SMILES string of the molecule is CCOC(=O)CC(C)(C(C)OC)N1CCCCCC1. The largest absolute Gasteiger partial charge is 0.466 e. The number of ether oxygens (including phenoxy) is 2. The zero-order valence-corrected chi connectivity index (χ0v) is 12.9. The molecule has 1 heterocycles. The standard InChI is InChI=1S/C15H29NO3/c1-5-19-14(17)12-15(3,13(2)18-4)16-10-8-6-7-9-11-16/h13H,5-12H2,1-4H3. The first-order valence-corrected chi connectivity index (χ1v) is 7.48. The van der Waals surface area contributed by atoms with Gasteiger partial charge in [-0.1, -0.05) is 12.8 Å². The van der Waals surface area contributed by atoms with Gasteiger partial charge in [0.2, 0.25) is 0 Å². The summed E-state index contributed by atoms with van der Waals surface area (Å²) in [5.74, 6) is -0.127. The highest BCUT2D eigenvalue weighted by molar-refractivity contribution is 5.71. The van der Waals surface area contributed by atoms with Gasteiger partial charge >= 0.3 is 5.97 Å². The maximum Gasteiger partial charge on any atom is 0.307 e. The number of likely N-dealkylation sites (tertiary alicyclic amines) is 1. The van der Waals surface area contributed by atoms with Crippen molar-refractivity contribution in [2.24, 2.45) is 0 Å². The van der Waals surface area contributed by atoms with E-state index in [9.17, 15) is 4.79 Å². The van der Waals surface area contributed by atoms with Gasteiger partial charge in [0, 0.05) is 7.11 Å². The summed E-state index contributed by atoms with van der Waals surface area (Å²) in [6.45, 7) is 8.55. The summed E-state index contributed by atoms with van der Waals surface area (Å²) in [6, 6.07) is 0. The lowest BCUT2D eigenvalue weighted by Crippen LogP contribution is -2.56. The number of hydrogen-bond donors (Lipinski definition) is 0. The Bertz CT molecular complexity index is 275. The Morgan fingerprint density at radius 1 is 1.26 bits per heavy atom.